The summed E-state index contributed by atoms with van der Waals surface area (Å²) < 4.78 is 5.41. The summed E-state index contributed by atoms with van der Waals surface area (Å²) in [5.41, 5.74) is 0. The Morgan fingerprint density at radius 1 is 1.40 bits per heavy atom. The number of carbonyl (C=O) groups excluding carboxylic acids is 2. The summed E-state index contributed by atoms with van der Waals surface area (Å²) in [5, 5.41) is 3.16. The van der Waals surface area contributed by atoms with Gasteiger partial charge in [-0.3, -0.25) is 14.7 Å². The van der Waals surface area contributed by atoms with Crippen LogP contribution in [0.15, 0.2) is 0 Å². The maximum absolute atomic E-state index is 11.7. The van der Waals surface area contributed by atoms with Crippen LogP contribution < -0.4 is 0 Å². The molecule has 2 rings (SSSR count). The number of hydrazine groups is 1. The van der Waals surface area contributed by atoms with E-state index in [4.69, 9.17) is 4.74 Å². The van der Waals surface area contributed by atoms with Crippen molar-refractivity contribution >= 4 is 11.9 Å². The number of carbonyl (C=O) groups is 2. The average Bonchev–Trinajstić information content (AvgIpc) is 2.18. The highest BCUT2D eigenvalue weighted by Gasteiger charge is 2.53. The van der Waals surface area contributed by atoms with Gasteiger partial charge in [0.1, 0.15) is 12.3 Å². The number of imide groups is 1. The molecular formula is C9H15N3O3. The van der Waals surface area contributed by atoms with E-state index in [1.165, 1.54) is 12.1 Å². The van der Waals surface area contributed by atoms with Crippen molar-refractivity contribution in [2.45, 2.75) is 25.6 Å². The van der Waals surface area contributed by atoms with Gasteiger partial charge in [0.05, 0.1) is 0 Å². The second kappa shape index (κ2) is 3.46. The van der Waals surface area contributed by atoms with Crippen LogP contribution in [0.3, 0.4) is 0 Å². The van der Waals surface area contributed by atoms with E-state index >= 15 is 0 Å². The zero-order valence-electron chi connectivity index (χ0n) is 9.14. The van der Waals surface area contributed by atoms with Crippen molar-refractivity contribution in [2.75, 3.05) is 20.7 Å². The summed E-state index contributed by atoms with van der Waals surface area (Å²) in [5.74, 6) is -0.144. The minimum atomic E-state index is -0.305. The van der Waals surface area contributed by atoms with Gasteiger partial charge in [-0.15, -0.1) is 0 Å². The summed E-state index contributed by atoms with van der Waals surface area (Å²) in [6, 6.07) is -0.532. The van der Waals surface area contributed by atoms with Crippen molar-refractivity contribution in [1.82, 2.24) is 14.9 Å². The van der Waals surface area contributed by atoms with E-state index in [9.17, 15) is 9.59 Å². The molecule has 0 saturated carbocycles. The largest absolute Gasteiger partial charge is 0.362 e. The normalized spacial score (nSPS) is 31.7. The van der Waals surface area contributed by atoms with Gasteiger partial charge in [0.15, 0.2) is 0 Å². The fraction of sp³-hybridized carbons (Fsp3) is 0.778. The van der Waals surface area contributed by atoms with Gasteiger partial charge < -0.3 is 4.74 Å². The Bertz CT molecular complexity index is 289. The minimum Gasteiger partial charge on any atom is -0.362 e. The van der Waals surface area contributed by atoms with Gasteiger partial charge in [0.2, 0.25) is 5.91 Å². The lowest BCUT2D eigenvalue weighted by atomic mass is 10.0. The molecule has 0 N–H and O–H groups in total. The molecule has 0 unspecified atom stereocenters. The smallest absolute Gasteiger partial charge is 0.340 e. The second-order valence-electron chi connectivity index (χ2n) is 3.74. The van der Waals surface area contributed by atoms with Crippen molar-refractivity contribution in [1.29, 1.82) is 0 Å². The van der Waals surface area contributed by atoms with Crippen LogP contribution in [0.25, 0.3) is 0 Å². The summed E-state index contributed by atoms with van der Waals surface area (Å²) in [6.07, 6.45) is 0.529. The lowest BCUT2D eigenvalue weighted by molar-refractivity contribution is -0.241. The maximum atomic E-state index is 11.7. The van der Waals surface area contributed by atoms with Crippen molar-refractivity contribution in [3.8, 4) is 0 Å². The quantitative estimate of drug-likeness (QED) is 0.640. The van der Waals surface area contributed by atoms with E-state index < -0.39 is 0 Å². The first-order valence-electron chi connectivity index (χ1n) is 5.03. The van der Waals surface area contributed by atoms with Crippen LogP contribution in [0.2, 0.25) is 0 Å². The van der Waals surface area contributed by atoms with Crippen LogP contribution in [0.5, 0.6) is 0 Å². The van der Waals surface area contributed by atoms with E-state index in [1.807, 2.05) is 6.92 Å². The number of amides is 3. The molecule has 6 nitrogen and oxygen atoms in total. The molecule has 0 aromatic rings. The molecule has 0 spiro atoms. The minimum absolute atomic E-state index is 0.133. The molecule has 0 bridgehead atoms. The molecule has 0 aliphatic carbocycles. The third kappa shape index (κ3) is 1.32. The topological polar surface area (TPSA) is 53.1 Å². The van der Waals surface area contributed by atoms with Crippen LogP contribution in [0, 0.1) is 0 Å². The molecule has 6 heteroatoms. The number of ether oxygens (including phenoxy) is 1. The van der Waals surface area contributed by atoms with Crippen molar-refractivity contribution in [3.05, 3.63) is 0 Å². The molecule has 0 radical (unpaired) electrons. The molecule has 0 aromatic carbocycles. The van der Waals surface area contributed by atoms with E-state index in [0.29, 0.717) is 13.0 Å². The summed E-state index contributed by atoms with van der Waals surface area (Å²) >= 11 is 0. The molecular weight excluding hydrogens is 198 g/mol. The Labute approximate surface area is 88.3 Å². The van der Waals surface area contributed by atoms with Crippen molar-refractivity contribution in [3.63, 3.8) is 0 Å². The first kappa shape index (κ1) is 10.4. The predicted octanol–water partition coefficient (Wildman–Crippen LogP) is -0.138. The molecule has 2 aliphatic heterocycles. The Morgan fingerprint density at radius 3 is 2.67 bits per heavy atom. The molecule has 0 aromatic heterocycles. The van der Waals surface area contributed by atoms with Gasteiger partial charge in [-0.2, -0.15) is 5.01 Å². The highest BCUT2D eigenvalue weighted by Crippen LogP contribution is 2.32. The molecule has 2 heterocycles. The molecule has 15 heavy (non-hydrogen) atoms. The van der Waals surface area contributed by atoms with Crippen LogP contribution in [-0.4, -0.2) is 59.8 Å². The van der Waals surface area contributed by atoms with E-state index in [2.05, 4.69) is 0 Å². The van der Waals surface area contributed by atoms with Crippen LogP contribution in [-0.2, 0) is 9.53 Å². The van der Waals surface area contributed by atoms with E-state index in [0.717, 1.165) is 4.90 Å². The number of hydrogen-bond acceptors (Lipinski definition) is 4. The van der Waals surface area contributed by atoms with Crippen molar-refractivity contribution < 1.29 is 14.3 Å². The van der Waals surface area contributed by atoms with Gasteiger partial charge in [-0.1, -0.05) is 0 Å². The lowest BCUT2D eigenvalue weighted by Crippen LogP contribution is -2.74. The third-order valence-electron chi connectivity index (χ3n) is 2.92. The predicted molar refractivity (Wildman–Crippen MR) is 51.6 cm³/mol. The second-order valence-corrected chi connectivity index (χ2v) is 3.74. The highest BCUT2D eigenvalue weighted by molar-refractivity contribution is 5.99. The molecule has 84 valence electrons. The van der Waals surface area contributed by atoms with Gasteiger partial charge >= 0.3 is 6.03 Å². The number of likely N-dealkylation sites (N-methyl/N-ethyl adjacent to an activating group) is 1. The van der Waals surface area contributed by atoms with Crippen molar-refractivity contribution in [2.24, 2.45) is 0 Å². The molecule has 3 amide bonds. The zero-order valence-corrected chi connectivity index (χ0v) is 9.14. The third-order valence-corrected chi connectivity index (χ3v) is 2.92. The Kier molecular flexibility index (Phi) is 2.40. The van der Waals surface area contributed by atoms with E-state index in [-0.39, 0.29) is 24.2 Å². The van der Waals surface area contributed by atoms with Crippen LogP contribution in [0.1, 0.15) is 13.3 Å². The summed E-state index contributed by atoms with van der Waals surface area (Å²) in [4.78, 5) is 24.4. The van der Waals surface area contributed by atoms with Crippen LogP contribution in [0.4, 0.5) is 4.79 Å². The first-order chi connectivity index (χ1) is 7.07. The highest BCUT2D eigenvalue weighted by atomic mass is 16.5. The average molecular weight is 213 g/mol. The maximum Gasteiger partial charge on any atom is 0.340 e. The number of hydrogen-bond donors (Lipinski definition) is 0. The van der Waals surface area contributed by atoms with Gasteiger partial charge in [0, 0.05) is 27.1 Å². The fourth-order valence-corrected chi connectivity index (χ4v) is 2.06. The number of fused-ring (bicyclic) bond motifs is 1. The summed E-state index contributed by atoms with van der Waals surface area (Å²) in [7, 11) is 3.16. The lowest BCUT2D eigenvalue weighted by Gasteiger charge is -2.54. The van der Waals surface area contributed by atoms with Gasteiger partial charge in [0.25, 0.3) is 0 Å². The van der Waals surface area contributed by atoms with Gasteiger partial charge in [-0.25, -0.2) is 4.79 Å². The summed E-state index contributed by atoms with van der Waals surface area (Å²) in [6.45, 7) is 2.48. The first-order valence-corrected chi connectivity index (χ1v) is 5.03. The molecule has 2 fully saturated rings. The molecule has 2 saturated heterocycles. The Hall–Kier alpha value is -1.14. The Balaban J connectivity index is 2.14. The number of rotatable bonds is 2. The van der Waals surface area contributed by atoms with Crippen LogP contribution >= 0.6 is 0 Å². The van der Waals surface area contributed by atoms with E-state index in [1.54, 1.807) is 12.1 Å². The molecule has 2 aliphatic rings. The number of urea groups is 1. The number of nitrogens with zero attached hydrogens (tertiary/aromatic N) is 3. The molecule has 2 atom stereocenters. The van der Waals surface area contributed by atoms with Gasteiger partial charge in [-0.05, 0) is 6.92 Å². The fourth-order valence-electron chi connectivity index (χ4n) is 2.06. The zero-order chi connectivity index (χ0) is 11.2. The standard InChI is InChI=1S/C9H15N3O3/c1-4-15-7-5-6-8(13)10(2)9(14)11(3)12(6)7/h6-7H,4-5H2,1-3H3/t6-,7+/m0/s1. The Morgan fingerprint density at radius 2 is 2.07 bits per heavy atom. The monoisotopic (exact) mass is 213 g/mol. The SMILES string of the molecule is CCO[C@@H]1C[C@H]2C(=O)N(C)C(=O)N(C)N12.